The molecule has 1 spiro atoms. The molecule has 4 aromatic rings. The lowest BCUT2D eigenvalue weighted by Gasteiger charge is -2.26. The van der Waals surface area contributed by atoms with E-state index in [9.17, 15) is 49.8 Å². The maximum atomic E-state index is 14.6. The largest absolute Gasteiger partial charge is 0.496 e. The van der Waals surface area contributed by atoms with Gasteiger partial charge in [-0.1, -0.05) is 18.2 Å². The molecule has 1 saturated heterocycles. The number of nitrogens with zero attached hydrogens (tertiary/aromatic N) is 2. The van der Waals surface area contributed by atoms with Crippen LogP contribution in [0.5, 0.6) is 5.75 Å². The third kappa shape index (κ3) is 6.68. The Kier molecular flexibility index (Phi) is 8.54. The number of alkyl halides is 8. The van der Waals surface area contributed by atoms with Crippen LogP contribution in [0.2, 0.25) is 0 Å². The van der Waals surface area contributed by atoms with E-state index in [-0.39, 0.29) is 41.5 Å². The summed E-state index contributed by atoms with van der Waals surface area (Å²) in [7, 11) is 1.37. The fourth-order valence-corrected chi connectivity index (χ4v) is 6.46. The van der Waals surface area contributed by atoms with Crippen LogP contribution >= 0.6 is 0 Å². The Morgan fingerprint density at radius 3 is 2.06 bits per heavy atom. The van der Waals surface area contributed by atoms with E-state index in [1.165, 1.54) is 25.3 Å². The molecule has 6 rings (SSSR count). The Labute approximate surface area is 285 Å². The SMILES string of the molecule is COc1ccc(-c2ccc(C(=O)O)cc2C)cc1-c1ccc(C(C)(F)F)nc1CN1C(=O)O[C@H](c2cc(C(F)(F)F)cc(C(F)(F)F)c2)C12CC2. The van der Waals surface area contributed by atoms with Crippen molar-refractivity contribution in [3.05, 3.63) is 106 Å². The topological polar surface area (TPSA) is 89.0 Å². The molecule has 1 amide bonds. The zero-order valence-electron chi connectivity index (χ0n) is 27.0. The quantitative estimate of drug-likeness (QED) is 0.182. The van der Waals surface area contributed by atoms with E-state index in [2.05, 4.69) is 4.98 Å². The van der Waals surface area contributed by atoms with E-state index in [4.69, 9.17) is 9.47 Å². The number of benzene rings is 3. The summed E-state index contributed by atoms with van der Waals surface area (Å²) in [4.78, 5) is 30.2. The van der Waals surface area contributed by atoms with Crippen molar-refractivity contribution in [3.8, 4) is 28.0 Å². The highest BCUT2D eigenvalue weighted by Crippen LogP contribution is 2.58. The number of aromatic nitrogens is 1. The van der Waals surface area contributed by atoms with Gasteiger partial charge in [-0.2, -0.15) is 35.1 Å². The van der Waals surface area contributed by atoms with Gasteiger partial charge in [0.1, 0.15) is 11.4 Å². The normalized spacial score (nSPS) is 17.1. The second kappa shape index (κ2) is 12.2. The van der Waals surface area contributed by atoms with Crippen LogP contribution in [0, 0.1) is 6.92 Å². The highest BCUT2D eigenvalue weighted by molar-refractivity contribution is 5.89. The fourth-order valence-electron chi connectivity index (χ4n) is 6.46. The Morgan fingerprint density at radius 1 is 0.902 bits per heavy atom. The Bertz CT molecular complexity index is 2020. The molecule has 1 N–H and O–H groups in total. The number of carbonyl (C=O) groups is 2. The number of aryl methyl sites for hydroxylation is 1. The van der Waals surface area contributed by atoms with Gasteiger partial charge in [0, 0.05) is 18.1 Å². The van der Waals surface area contributed by atoms with Crippen LogP contribution in [-0.2, 0) is 29.6 Å². The molecule has 2 heterocycles. The number of hydrogen-bond acceptors (Lipinski definition) is 5. The van der Waals surface area contributed by atoms with E-state index >= 15 is 0 Å². The molecule has 1 aliphatic carbocycles. The van der Waals surface area contributed by atoms with Gasteiger partial charge in [0.2, 0.25) is 0 Å². The molecular weight excluding hydrogens is 692 g/mol. The molecule has 0 unspecified atom stereocenters. The van der Waals surface area contributed by atoms with Gasteiger partial charge in [-0.3, -0.25) is 4.90 Å². The van der Waals surface area contributed by atoms with E-state index in [1.807, 2.05) is 0 Å². The van der Waals surface area contributed by atoms with Crippen LogP contribution in [0.4, 0.5) is 39.9 Å². The Balaban J connectivity index is 1.45. The third-order valence-electron chi connectivity index (χ3n) is 9.15. The predicted octanol–water partition coefficient (Wildman–Crippen LogP) is 9.81. The van der Waals surface area contributed by atoms with Gasteiger partial charge in [-0.15, -0.1) is 0 Å². The summed E-state index contributed by atoms with van der Waals surface area (Å²) in [5.41, 5.74) is -3.21. The van der Waals surface area contributed by atoms with Gasteiger partial charge >= 0.3 is 24.4 Å². The van der Waals surface area contributed by atoms with Crippen LogP contribution in [0.3, 0.4) is 0 Å². The summed E-state index contributed by atoms with van der Waals surface area (Å²) in [5, 5.41) is 9.38. The molecule has 1 saturated carbocycles. The first-order valence-corrected chi connectivity index (χ1v) is 15.4. The summed E-state index contributed by atoms with van der Waals surface area (Å²) in [6.45, 7) is 1.85. The number of ether oxygens (including phenoxy) is 2. The van der Waals surface area contributed by atoms with E-state index in [0.717, 1.165) is 11.0 Å². The standard InChI is InChI=1S/C36H28F8N2O5/c1-18-12-20(31(47)48)4-6-24(18)19-5-8-28(50-3)26(15-19)25-7-9-29(33(2,37)38)45-27(25)17-46-32(49)51-30(34(46)10-11-34)21-13-22(35(39,40)41)16-23(14-21)36(42,43)44/h4-9,12-16,30H,10-11,17H2,1-3H3,(H,47,48)/t30-/m1/s1. The number of rotatable bonds is 8. The van der Waals surface area contributed by atoms with Crippen molar-refractivity contribution in [1.29, 1.82) is 0 Å². The van der Waals surface area contributed by atoms with Crippen molar-refractivity contribution in [3.63, 3.8) is 0 Å². The monoisotopic (exact) mass is 720 g/mol. The summed E-state index contributed by atoms with van der Waals surface area (Å²) >= 11 is 0. The van der Waals surface area contributed by atoms with Gasteiger partial charge < -0.3 is 14.6 Å². The number of methoxy groups -OCH3 is 1. The van der Waals surface area contributed by atoms with Gasteiger partial charge in [-0.25, -0.2) is 14.6 Å². The number of aromatic carboxylic acids is 1. The first-order valence-electron chi connectivity index (χ1n) is 15.4. The van der Waals surface area contributed by atoms with Gasteiger partial charge in [0.05, 0.1) is 41.6 Å². The maximum Gasteiger partial charge on any atom is 0.416 e. The number of halogens is 8. The number of carbonyl (C=O) groups excluding carboxylic acids is 1. The lowest BCUT2D eigenvalue weighted by molar-refractivity contribution is -0.143. The minimum atomic E-state index is -5.13. The third-order valence-corrected chi connectivity index (χ3v) is 9.15. The molecule has 0 radical (unpaired) electrons. The van der Waals surface area contributed by atoms with E-state index < -0.39 is 70.9 Å². The Hall–Kier alpha value is -5.21. The second-order valence-corrected chi connectivity index (χ2v) is 12.6. The van der Waals surface area contributed by atoms with Crippen molar-refractivity contribution in [1.82, 2.24) is 9.88 Å². The minimum absolute atomic E-state index is 0.0201. The molecule has 1 aromatic heterocycles. The first kappa shape index (κ1) is 35.6. The summed E-state index contributed by atoms with van der Waals surface area (Å²) < 4.78 is 122. The number of pyridine rings is 1. The van der Waals surface area contributed by atoms with Crippen LogP contribution in [0.1, 0.15) is 69.9 Å². The highest BCUT2D eigenvalue weighted by atomic mass is 19.4. The zero-order valence-corrected chi connectivity index (χ0v) is 27.0. The van der Waals surface area contributed by atoms with Crippen molar-refractivity contribution in [2.45, 2.75) is 63.2 Å². The van der Waals surface area contributed by atoms with Crippen LogP contribution < -0.4 is 4.74 Å². The summed E-state index contributed by atoms with van der Waals surface area (Å²) in [5.74, 6) is -4.27. The molecule has 7 nitrogen and oxygen atoms in total. The first-order chi connectivity index (χ1) is 23.7. The number of carboxylic acids is 1. The summed E-state index contributed by atoms with van der Waals surface area (Å²) in [6.07, 6.45) is -12.6. The fraction of sp³-hybridized carbons (Fsp3) is 0.306. The number of amides is 1. The zero-order chi connectivity index (χ0) is 37.3. The van der Waals surface area contributed by atoms with Gasteiger partial charge in [0.25, 0.3) is 5.92 Å². The van der Waals surface area contributed by atoms with Crippen LogP contribution in [0.15, 0.2) is 66.7 Å². The average molecular weight is 721 g/mol. The van der Waals surface area contributed by atoms with Crippen molar-refractivity contribution in [2.24, 2.45) is 0 Å². The predicted molar refractivity (Wildman–Crippen MR) is 166 cm³/mol. The van der Waals surface area contributed by atoms with Crippen LogP contribution in [0.25, 0.3) is 22.3 Å². The molecular formula is C36H28F8N2O5. The molecule has 1 aliphatic heterocycles. The molecule has 1 atom stereocenters. The summed E-state index contributed by atoms with van der Waals surface area (Å²) in [6, 6.07) is 13.0. The molecule has 3 aromatic carbocycles. The minimum Gasteiger partial charge on any atom is -0.496 e. The van der Waals surface area contributed by atoms with Crippen molar-refractivity contribution < 1.29 is 59.3 Å². The maximum absolute atomic E-state index is 14.6. The lowest BCUT2D eigenvalue weighted by atomic mass is 9.93. The lowest BCUT2D eigenvalue weighted by Crippen LogP contribution is -2.36. The second-order valence-electron chi connectivity index (χ2n) is 12.6. The molecule has 51 heavy (non-hydrogen) atoms. The number of cyclic esters (lactones) is 1. The highest BCUT2D eigenvalue weighted by Gasteiger charge is 2.64. The van der Waals surface area contributed by atoms with Gasteiger partial charge in [0.15, 0.2) is 6.10 Å². The molecule has 0 bridgehead atoms. The van der Waals surface area contributed by atoms with Crippen molar-refractivity contribution >= 4 is 12.1 Å². The van der Waals surface area contributed by atoms with Gasteiger partial charge in [-0.05, 0) is 90.6 Å². The Morgan fingerprint density at radius 2 is 1.53 bits per heavy atom. The van der Waals surface area contributed by atoms with E-state index in [0.29, 0.717) is 41.3 Å². The molecule has 15 heteroatoms. The molecule has 268 valence electrons. The number of hydrogen-bond donors (Lipinski definition) is 1. The number of carboxylic acid groups (broad SMARTS) is 1. The van der Waals surface area contributed by atoms with E-state index in [1.54, 1.807) is 31.2 Å². The average Bonchev–Trinajstić information content (AvgIpc) is 3.80. The molecule has 2 fully saturated rings. The van der Waals surface area contributed by atoms with Crippen molar-refractivity contribution in [2.75, 3.05) is 7.11 Å². The van der Waals surface area contributed by atoms with Crippen LogP contribution in [-0.4, -0.2) is 39.7 Å². The molecule has 2 aliphatic rings. The smallest absolute Gasteiger partial charge is 0.416 e.